The number of piperazine rings is 1. The summed E-state index contributed by atoms with van der Waals surface area (Å²) in [6, 6.07) is 17.9. The molecule has 0 aliphatic carbocycles. The van der Waals surface area contributed by atoms with Gasteiger partial charge in [0.05, 0.1) is 10.9 Å². The number of hydrogen-bond donors (Lipinski definition) is 2. The molecule has 1 aliphatic heterocycles. The fourth-order valence-corrected chi connectivity index (χ4v) is 4.51. The zero-order valence-electron chi connectivity index (χ0n) is 17.3. The number of amides is 1. The Morgan fingerprint density at radius 1 is 0.967 bits per heavy atom. The van der Waals surface area contributed by atoms with Gasteiger partial charge >= 0.3 is 0 Å². The van der Waals surface area contributed by atoms with Crippen molar-refractivity contribution in [3.63, 3.8) is 0 Å². The molecule has 2 N–H and O–H groups in total. The number of likely N-dealkylation sites (N-methyl/N-ethyl adjacent to an activating group) is 1. The van der Waals surface area contributed by atoms with Crippen molar-refractivity contribution in [2.24, 2.45) is 0 Å². The van der Waals surface area contributed by atoms with Crippen molar-refractivity contribution in [3.05, 3.63) is 66.2 Å². The van der Waals surface area contributed by atoms with Gasteiger partial charge in [-0.05, 0) is 24.7 Å². The minimum absolute atomic E-state index is 0.0546. The minimum atomic E-state index is -3.61. The van der Waals surface area contributed by atoms with Gasteiger partial charge in [-0.25, -0.2) is 13.1 Å². The standard InChI is InChI=1S/C22H30N4O3S/c1-25-14-16-26(17-15-25)18-21(19-8-4-2-5-9-19)24-22(27)12-13-23-30(28,29)20-10-6-3-7-11-20/h2-11,21,23H,12-18H2,1H3,(H,24,27). The van der Waals surface area contributed by atoms with Crippen LogP contribution in [0.3, 0.4) is 0 Å². The molecule has 30 heavy (non-hydrogen) atoms. The van der Waals surface area contributed by atoms with E-state index in [4.69, 9.17) is 0 Å². The topological polar surface area (TPSA) is 81.8 Å². The van der Waals surface area contributed by atoms with Gasteiger partial charge in [0.25, 0.3) is 0 Å². The van der Waals surface area contributed by atoms with Gasteiger partial charge in [0.2, 0.25) is 15.9 Å². The van der Waals surface area contributed by atoms with Crippen molar-refractivity contribution in [3.8, 4) is 0 Å². The van der Waals surface area contributed by atoms with Gasteiger partial charge in [-0.15, -0.1) is 0 Å². The van der Waals surface area contributed by atoms with E-state index in [1.807, 2.05) is 30.3 Å². The second-order valence-corrected chi connectivity index (χ2v) is 9.36. The van der Waals surface area contributed by atoms with Crippen LogP contribution in [0.15, 0.2) is 65.6 Å². The van der Waals surface area contributed by atoms with Crippen molar-refractivity contribution >= 4 is 15.9 Å². The third-order valence-electron chi connectivity index (χ3n) is 5.27. The monoisotopic (exact) mass is 430 g/mol. The Labute approximate surface area is 179 Å². The van der Waals surface area contributed by atoms with Gasteiger partial charge in [-0.1, -0.05) is 48.5 Å². The predicted molar refractivity (Wildman–Crippen MR) is 118 cm³/mol. The molecule has 7 nitrogen and oxygen atoms in total. The lowest BCUT2D eigenvalue weighted by molar-refractivity contribution is -0.121. The maximum Gasteiger partial charge on any atom is 0.240 e. The highest BCUT2D eigenvalue weighted by Crippen LogP contribution is 2.16. The van der Waals surface area contributed by atoms with Gasteiger partial charge < -0.3 is 10.2 Å². The molecule has 3 rings (SSSR count). The SMILES string of the molecule is CN1CCN(CC(NC(=O)CCNS(=O)(=O)c2ccccc2)c2ccccc2)CC1. The number of hydrogen-bond acceptors (Lipinski definition) is 5. The Kier molecular flexibility index (Phi) is 7.98. The molecule has 8 heteroatoms. The van der Waals surface area contributed by atoms with Gasteiger partial charge in [0.15, 0.2) is 0 Å². The van der Waals surface area contributed by atoms with E-state index in [1.54, 1.807) is 18.2 Å². The van der Waals surface area contributed by atoms with Crippen molar-refractivity contribution < 1.29 is 13.2 Å². The van der Waals surface area contributed by atoms with Gasteiger partial charge in [-0.3, -0.25) is 9.69 Å². The van der Waals surface area contributed by atoms with Gasteiger partial charge in [0.1, 0.15) is 0 Å². The molecule has 1 fully saturated rings. The van der Waals surface area contributed by atoms with Crippen molar-refractivity contribution in [1.29, 1.82) is 0 Å². The maximum atomic E-state index is 12.6. The molecular weight excluding hydrogens is 400 g/mol. The molecule has 2 aromatic carbocycles. The van der Waals surface area contributed by atoms with E-state index in [0.717, 1.165) is 38.3 Å². The molecule has 1 saturated heterocycles. The molecule has 1 amide bonds. The van der Waals surface area contributed by atoms with Crippen LogP contribution < -0.4 is 10.0 Å². The molecule has 1 aliphatic rings. The average Bonchev–Trinajstić information content (AvgIpc) is 2.76. The van der Waals surface area contributed by atoms with E-state index in [-0.39, 0.29) is 29.8 Å². The number of sulfonamides is 1. The molecule has 0 radical (unpaired) electrons. The third kappa shape index (κ3) is 6.63. The summed E-state index contributed by atoms with van der Waals surface area (Å²) in [6.45, 7) is 4.74. The van der Waals surface area contributed by atoms with Crippen LogP contribution in [0.25, 0.3) is 0 Å². The predicted octanol–water partition coefficient (Wildman–Crippen LogP) is 1.46. The Morgan fingerprint density at radius 2 is 1.57 bits per heavy atom. The molecule has 0 saturated carbocycles. The summed E-state index contributed by atoms with van der Waals surface area (Å²) in [5.41, 5.74) is 1.05. The molecule has 0 bridgehead atoms. The zero-order valence-corrected chi connectivity index (χ0v) is 18.1. The molecule has 1 unspecified atom stereocenters. The third-order valence-corrected chi connectivity index (χ3v) is 6.75. The second kappa shape index (κ2) is 10.7. The summed E-state index contributed by atoms with van der Waals surface area (Å²) in [4.78, 5) is 17.4. The summed E-state index contributed by atoms with van der Waals surface area (Å²) in [5, 5.41) is 3.09. The van der Waals surface area contributed by atoms with Gasteiger partial charge in [0, 0.05) is 45.7 Å². The van der Waals surface area contributed by atoms with Crippen molar-refractivity contribution in [1.82, 2.24) is 19.8 Å². The van der Waals surface area contributed by atoms with E-state index in [9.17, 15) is 13.2 Å². The van der Waals surface area contributed by atoms with E-state index < -0.39 is 10.0 Å². The van der Waals surface area contributed by atoms with Crippen LogP contribution >= 0.6 is 0 Å². The highest BCUT2D eigenvalue weighted by Gasteiger charge is 2.21. The van der Waals surface area contributed by atoms with Crippen LogP contribution in [-0.4, -0.2) is 70.4 Å². The summed E-state index contributed by atoms with van der Waals surface area (Å²) in [7, 11) is -1.49. The first kappa shape index (κ1) is 22.4. The number of benzene rings is 2. The molecule has 2 aromatic rings. The Morgan fingerprint density at radius 3 is 2.20 bits per heavy atom. The average molecular weight is 431 g/mol. The largest absolute Gasteiger partial charge is 0.348 e. The van der Waals surface area contributed by atoms with E-state index in [2.05, 4.69) is 26.9 Å². The zero-order chi connectivity index (χ0) is 21.4. The van der Waals surface area contributed by atoms with Crippen LogP contribution in [-0.2, 0) is 14.8 Å². The first-order valence-electron chi connectivity index (χ1n) is 10.2. The lowest BCUT2D eigenvalue weighted by Crippen LogP contribution is -2.48. The number of nitrogens with zero attached hydrogens (tertiary/aromatic N) is 2. The van der Waals surface area contributed by atoms with Crippen LogP contribution in [0.1, 0.15) is 18.0 Å². The summed E-state index contributed by atoms with van der Waals surface area (Å²) >= 11 is 0. The normalized spacial score (nSPS) is 16.8. The number of carbonyl (C=O) groups is 1. The van der Waals surface area contributed by atoms with Crippen molar-refractivity contribution in [2.45, 2.75) is 17.4 Å². The van der Waals surface area contributed by atoms with Crippen LogP contribution in [0.5, 0.6) is 0 Å². The van der Waals surface area contributed by atoms with Crippen LogP contribution in [0, 0.1) is 0 Å². The Hall–Kier alpha value is -2.26. The molecule has 1 atom stereocenters. The highest BCUT2D eigenvalue weighted by molar-refractivity contribution is 7.89. The molecule has 0 spiro atoms. The van der Waals surface area contributed by atoms with Crippen LogP contribution in [0.4, 0.5) is 0 Å². The maximum absolute atomic E-state index is 12.6. The lowest BCUT2D eigenvalue weighted by Gasteiger charge is -2.35. The quantitative estimate of drug-likeness (QED) is 0.630. The smallest absolute Gasteiger partial charge is 0.240 e. The lowest BCUT2D eigenvalue weighted by atomic mass is 10.1. The molecule has 162 valence electrons. The second-order valence-electron chi connectivity index (χ2n) is 7.60. The highest BCUT2D eigenvalue weighted by atomic mass is 32.2. The Balaban J connectivity index is 1.55. The fourth-order valence-electron chi connectivity index (χ4n) is 3.46. The van der Waals surface area contributed by atoms with Gasteiger partial charge in [-0.2, -0.15) is 0 Å². The van der Waals surface area contributed by atoms with E-state index in [0.29, 0.717) is 0 Å². The first-order valence-corrected chi connectivity index (χ1v) is 11.7. The van der Waals surface area contributed by atoms with Crippen molar-refractivity contribution in [2.75, 3.05) is 46.3 Å². The number of rotatable bonds is 9. The fraction of sp³-hybridized carbons (Fsp3) is 0.409. The molecule has 1 heterocycles. The summed E-state index contributed by atoms with van der Waals surface area (Å²) in [6.07, 6.45) is 0.0815. The summed E-state index contributed by atoms with van der Waals surface area (Å²) < 4.78 is 27.1. The molecule has 0 aromatic heterocycles. The number of carbonyl (C=O) groups excluding carboxylic acids is 1. The van der Waals surface area contributed by atoms with Crippen LogP contribution in [0.2, 0.25) is 0 Å². The Bertz CT molecular complexity index is 898. The minimum Gasteiger partial charge on any atom is -0.348 e. The summed E-state index contributed by atoms with van der Waals surface area (Å²) in [5.74, 6) is -0.172. The number of nitrogens with one attached hydrogen (secondary N) is 2. The first-order chi connectivity index (χ1) is 14.4. The van der Waals surface area contributed by atoms with E-state index >= 15 is 0 Å². The van der Waals surface area contributed by atoms with E-state index in [1.165, 1.54) is 12.1 Å². The molecular formula is C22H30N4O3S.